The van der Waals surface area contributed by atoms with E-state index in [1.807, 2.05) is 13.2 Å². The first-order chi connectivity index (χ1) is 7.67. The molecule has 1 N–H and O–H groups in total. The largest absolute Gasteiger partial charge is 0.347 e. The van der Waals surface area contributed by atoms with Crippen LogP contribution in [-0.2, 0) is 0 Å². The molecular weight excluding hydrogens is 227 g/mol. The van der Waals surface area contributed by atoms with Gasteiger partial charge in [-0.1, -0.05) is 13.0 Å². The van der Waals surface area contributed by atoms with Gasteiger partial charge in [0.05, 0.1) is 0 Å². The van der Waals surface area contributed by atoms with Crippen LogP contribution in [0, 0.1) is 5.95 Å². The molecule has 1 aromatic heterocycles. The molecule has 0 bridgehead atoms. The van der Waals surface area contributed by atoms with Crippen LogP contribution < -0.4 is 5.32 Å². The third kappa shape index (κ3) is 3.81. The molecule has 0 saturated carbocycles. The SMILES string of the molecule is CCC(CSC)NC(=O)c1cccc(F)n1. The number of rotatable bonds is 5. The summed E-state index contributed by atoms with van der Waals surface area (Å²) in [5.74, 6) is -0.108. The Hall–Kier alpha value is -1.10. The van der Waals surface area contributed by atoms with E-state index in [1.165, 1.54) is 18.2 Å². The predicted molar refractivity (Wildman–Crippen MR) is 64.1 cm³/mol. The zero-order valence-electron chi connectivity index (χ0n) is 9.37. The summed E-state index contributed by atoms with van der Waals surface area (Å²) in [5.41, 5.74) is 0.125. The Kier molecular flexibility index (Phi) is 5.25. The highest BCUT2D eigenvalue weighted by atomic mass is 32.2. The molecule has 0 aromatic carbocycles. The van der Waals surface area contributed by atoms with Crippen molar-refractivity contribution in [1.29, 1.82) is 0 Å². The lowest BCUT2D eigenvalue weighted by Gasteiger charge is -2.15. The number of aromatic nitrogens is 1. The third-order valence-corrected chi connectivity index (χ3v) is 2.88. The van der Waals surface area contributed by atoms with E-state index in [2.05, 4.69) is 10.3 Å². The molecule has 0 radical (unpaired) electrons. The molecule has 16 heavy (non-hydrogen) atoms. The van der Waals surface area contributed by atoms with Gasteiger partial charge < -0.3 is 5.32 Å². The first-order valence-electron chi connectivity index (χ1n) is 5.09. The summed E-state index contributed by atoms with van der Waals surface area (Å²) in [6, 6.07) is 4.31. The highest BCUT2D eigenvalue weighted by molar-refractivity contribution is 7.98. The van der Waals surface area contributed by atoms with Gasteiger partial charge >= 0.3 is 0 Å². The lowest BCUT2D eigenvalue weighted by Crippen LogP contribution is -2.36. The smallest absolute Gasteiger partial charge is 0.270 e. The molecule has 1 heterocycles. The average molecular weight is 242 g/mol. The van der Waals surface area contributed by atoms with Crippen LogP contribution in [0.3, 0.4) is 0 Å². The van der Waals surface area contributed by atoms with Crippen LogP contribution >= 0.6 is 11.8 Å². The first kappa shape index (κ1) is 13.0. The Morgan fingerprint density at radius 2 is 2.38 bits per heavy atom. The highest BCUT2D eigenvalue weighted by Crippen LogP contribution is 2.03. The maximum Gasteiger partial charge on any atom is 0.270 e. The van der Waals surface area contributed by atoms with Crippen LogP contribution in [0.5, 0.6) is 0 Å². The van der Waals surface area contributed by atoms with E-state index in [0.717, 1.165) is 12.2 Å². The summed E-state index contributed by atoms with van der Waals surface area (Å²) in [4.78, 5) is 15.2. The molecule has 1 amide bonds. The topological polar surface area (TPSA) is 42.0 Å². The van der Waals surface area contributed by atoms with Gasteiger partial charge in [-0.05, 0) is 24.8 Å². The summed E-state index contributed by atoms with van der Waals surface area (Å²) in [5, 5.41) is 2.82. The summed E-state index contributed by atoms with van der Waals surface area (Å²) < 4.78 is 12.8. The van der Waals surface area contributed by atoms with Crippen molar-refractivity contribution in [2.24, 2.45) is 0 Å². The summed E-state index contributed by atoms with van der Waals surface area (Å²) >= 11 is 1.67. The number of halogens is 1. The monoisotopic (exact) mass is 242 g/mol. The maximum absolute atomic E-state index is 12.8. The van der Waals surface area contributed by atoms with Crippen LogP contribution in [0.25, 0.3) is 0 Å². The number of nitrogens with zero attached hydrogens (tertiary/aromatic N) is 1. The quantitative estimate of drug-likeness (QED) is 0.804. The molecule has 1 unspecified atom stereocenters. The normalized spacial score (nSPS) is 12.2. The third-order valence-electron chi connectivity index (χ3n) is 2.14. The van der Waals surface area contributed by atoms with Gasteiger partial charge in [0.2, 0.25) is 5.95 Å². The van der Waals surface area contributed by atoms with Crippen LogP contribution in [0.15, 0.2) is 18.2 Å². The summed E-state index contributed by atoms with van der Waals surface area (Å²) in [6.45, 7) is 2.00. The highest BCUT2D eigenvalue weighted by Gasteiger charge is 2.12. The van der Waals surface area contributed by atoms with E-state index in [0.29, 0.717) is 0 Å². The van der Waals surface area contributed by atoms with Crippen LogP contribution in [0.2, 0.25) is 0 Å². The number of carbonyl (C=O) groups excluding carboxylic acids is 1. The Bertz CT molecular complexity index is 360. The second-order valence-corrected chi connectivity index (χ2v) is 4.29. The van der Waals surface area contributed by atoms with E-state index in [4.69, 9.17) is 0 Å². The molecule has 0 aliphatic carbocycles. The van der Waals surface area contributed by atoms with Gasteiger partial charge in [-0.3, -0.25) is 4.79 Å². The molecule has 1 aromatic rings. The van der Waals surface area contributed by atoms with Crippen molar-refractivity contribution in [2.45, 2.75) is 19.4 Å². The number of pyridine rings is 1. The molecular formula is C11H15FN2OS. The van der Waals surface area contributed by atoms with Crippen molar-refractivity contribution in [2.75, 3.05) is 12.0 Å². The lowest BCUT2D eigenvalue weighted by molar-refractivity contribution is 0.0934. The van der Waals surface area contributed by atoms with Crippen molar-refractivity contribution in [3.8, 4) is 0 Å². The number of thioether (sulfide) groups is 1. The lowest BCUT2D eigenvalue weighted by atomic mass is 10.2. The standard InChI is InChI=1S/C11H15FN2OS/c1-3-8(7-16-2)13-11(15)9-5-4-6-10(12)14-9/h4-6,8H,3,7H2,1-2H3,(H,13,15). The number of nitrogens with one attached hydrogen (secondary N) is 1. The van der Waals surface area contributed by atoms with Gasteiger partial charge in [-0.15, -0.1) is 0 Å². The fourth-order valence-electron chi connectivity index (χ4n) is 1.26. The predicted octanol–water partition coefficient (Wildman–Crippen LogP) is 2.09. The maximum atomic E-state index is 12.8. The fourth-order valence-corrected chi connectivity index (χ4v) is 1.98. The Labute approximate surface area is 98.8 Å². The van der Waals surface area contributed by atoms with Crippen LogP contribution in [0.4, 0.5) is 4.39 Å². The molecule has 0 saturated heterocycles. The first-order valence-corrected chi connectivity index (χ1v) is 6.49. The van der Waals surface area contributed by atoms with Crippen molar-refractivity contribution in [3.63, 3.8) is 0 Å². The Morgan fingerprint density at radius 3 is 2.94 bits per heavy atom. The molecule has 0 aliphatic heterocycles. The van der Waals surface area contributed by atoms with E-state index in [9.17, 15) is 9.18 Å². The summed E-state index contributed by atoms with van der Waals surface area (Å²) in [7, 11) is 0. The van der Waals surface area contributed by atoms with Gasteiger partial charge in [0.1, 0.15) is 5.69 Å². The second-order valence-electron chi connectivity index (χ2n) is 3.38. The molecule has 0 fully saturated rings. The minimum Gasteiger partial charge on any atom is -0.347 e. The molecule has 1 rings (SSSR count). The van der Waals surface area contributed by atoms with Crippen molar-refractivity contribution in [1.82, 2.24) is 10.3 Å². The van der Waals surface area contributed by atoms with Crippen molar-refractivity contribution in [3.05, 3.63) is 29.8 Å². The fraction of sp³-hybridized carbons (Fsp3) is 0.455. The van der Waals surface area contributed by atoms with Crippen LogP contribution in [0.1, 0.15) is 23.8 Å². The van der Waals surface area contributed by atoms with Crippen molar-refractivity contribution >= 4 is 17.7 Å². The Balaban J connectivity index is 2.64. The number of hydrogen-bond acceptors (Lipinski definition) is 3. The molecule has 5 heteroatoms. The second kappa shape index (κ2) is 6.48. The van der Waals surface area contributed by atoms with Gasteiger partial charge in [0.25, 0.3) is 5.91 Å². The minimum atomic E-state index is -0.634. The van der Waals surface area contributed by atoms with Crippen LogP contribution in [-0.4, -0.2) is 28.9 Å². The van der Waals surface area contributed by atoms with E-state index in [-0.39, 0.29) is 17.6 Å². The van der Waals surface area contributed by atoms with Crippen molar-refractivity contribution < 1.29 is 9.18 Å². The molecule has 0 aliphatic rings. The minimum absolute atomic E-state index is 0.104. The average Bonchev–Trinajstić information content (AvgIpc) is 2.28. The van der Waals surface area contributed by atoms with Gasteiger partial charge in [-0.2, -0.15) is 16.2 Å². The molecule has 3 nitrogen and oxygen atoms in total. The van der Waals surface area contributed by atoms with E-state index >= 15 is 0 Å². The molecule has 88 valence electrons. The van der Waals surface area contributed by atoms with Gasteiger partial charge in [-0.25, -0.2) is 4.98 Å². The zero-order chi connectivity index (χ0) is 12.0. The molecule has 1 atom stereocenters. The number of amides is 1. The number of hydrogen-bond donors (Lipinski definition) is 1. The Morgan fingerprint density at radius 1 is 1.62 bits per heavy atom. The van der Waals surface area contributed by atoms with E-state index in [1.54, 1.807) is 11.8 Å². The summed E-state index contributed by atoms with van der Waals surface area (Å²) in [6.07, 6.45) is 2.83. The molecule has 0 spiro atoms. The zero-order valence-corrected chi connectivity index (χ0v) is 10.2. The number of carbonyl (C=O) groups is 1. The van der Waals surface area contributed by atoms with E-state index < -0.39 is 5.95 Å². The van der Waals surface area contributed by atoms with Gasteiger partial charge in [0.15, 0.2) is 0 Å². The van der Waals surface area contributed by atoms with Gasteiger partial charge in [0, 0.05) is 11.8 Å².